The molecule has 19 heavy (non-hydrogen) atoms. The number of aliphatic hydroxyl groups excluding tert-OH is 1. The van der Waals surface area contributed by atoms with Gasteiger partial charge in [-0.15, -0.1) is 0 Å². The van der Waals surface area contributed by atoms with Crippen LogP contribution in [0.3, 0.4) is 0 Å². The maximum atomic E-state index is 11.2. The molecule has 1 atom stereocenters. The smallest absolute Gasteiger partial charge is 0.353 e. The highest BCUT2D eigenvalue weighted by atomic mass is 16.6. The summed E-state index contributed by atoms with van der Waals surface area (Å²) in [6.07, 6.45) is 1.26. The van der Waals surface area contributed by atoms with Gasteiger partial charge in [0.1, 0.15) is 6.33 Å². The van der Waals surface area contributed by atoms with Crippen molar-refractivity contribution in [1.82, 2.24) is 9.97 Å². The largest absolute Gasteiger partial charge is 0.394 e. The summed E-state index contributed by atoms with van der Waals surface area (Å²) < 4.78 is 5.25. The van der Waals surface area contributed by atoms with Crippen LogP contribution in [0.5, 0.6) is 0 Å². The predicted molar refractivity (Wildman–Crippen MR) is 67.3 cm³/mol. The van der Waals surface area contributed by atoms with Gasteiger partial charge in [-0.3, -0.25) is 10.1 Å². The molecule has 1 aliphatic rings. The molecule has 1 fully saturated rings. The van der Waals surface area contributed by atoms with E-state index in [2.05, 4.69) is 15.3 Å². The summed E-state index contributed by atoms with van der Waals surface area (Å²) in [6.45, 7) is 1.03. The van der Waals surface area contributed by atoms with Gasteiger partial charge in [-0.25, -0.2) is 9.97 Å². The molecule has 0 radical (unpaired) electrons. The van der Waals surface area contributed by atoms with Crippen molar-refractivity contribution in [3.63, 3.8) is 0 Å². The van der Waals surface area contributed by atoms with Crippen LogP contribution in [0.1, 0.15) is 0 Å². The van der Waals surface area contributed by atoms with Crippen molar-refractivity contribution in [1.29, 1.82) is 0 Å². The van der Waals surface area contributed by atoms with Gasteiger partial charge in [0.05, 0.1) is 30.8 Å². The number of morpholine rings is 1. The molecule has 2 N–H and O–H groups in total. The lowest BCUT2D eigenvalue weighted by atomic mass is 10.2. The Morgan fingerprint density at radius 1 is 1.68 bits per heavy atom. The first-order valence-electron chi connectivity index (χ1n) is 5.81. The molecule has 104 valence electrons. The minimum atomic E-state index is -0.523. The van der Waals surface area contributed by atoms with E-state index in [1.165, 1.54) is 6.33 Å². The molecule has 1 aromatic heterocycles. The number of anilines is 2. The van der Waals surface area contributed by atoms with Gasteiger partial charge in [-0.05, 0) is 0 Å². The normalized spacial score (nSPS) is 19.3. The zero-order chi connectivity index (χ0) is 13.8. The van der Waals surface area contributed by atoms with Crippen molar-refractivity contribution < 1.29 is 14.8 Å². The second-order valence-corrected chi connectivity index (χ2v) is 4.01. The lowest BCUT2D eigenvalue weighted by Gasteiger charge is -2.34. The number of nitro groups is 1. The third-order valence-electron chi connectivity index (χ3n) is 2.93. The van der Waals surface area contributed by atoms with E-state index in [-0.39, 0.29) is 30.0 Å². The SMILES string of the molecule is CNc1ncnc(N2CCOCC2CO)c1[N+](=O)[O-]. The number of aliphatic hydroxyl groups is 1. The quantitative estimate of drug-likeness (QED) is 0.562. The Labute approximate surface area is 109 Å². The van der Waals surface area contributed by atoms with E-state index in [1.807, 2.05) is 0 Å². The van der Waals surface area contributed by atoms with Crippen molar-refractivity contribution in [3.8, 4) is 0 Å². The number of hydrogen-bond acceptors (Lipinski definition) is 8. The molecule has 1 unspecified atom stereocenters. The van der Waals surface area contributed by atoms with Crippen LogP contribution in [-0.4, -0.2) is 59.5 Å². The Kier molecular flexibility index (Phi) is 4.07. The summed E-state index contributed by atoms with van der Waals surface area (Å²) in [5.41, 5.74) is -0.189. The van der Waals surface area contributed by atoms with Crippen molar-refractivity contribution in [2.24, 2.45) is 0 Å². The molecule has 2 rings (SSSR count). The van der Waals surface area contributed by atoms with Crippen molar-refractivity contribution in [2.75, 3.05) is 43.6 Å². The number of nitrogens with zero attached hydrogens (tertiary/aromatic N) is 4. The summed E-state index contributed by atoms with van der Waals surface area (Å²) in [5, 5.41) is 23.2. The van der Waals surface area contributed by atoms with Gasteiger partial charge in [0, 0.05) is 13.6 Å². The summed E-state index contributed by atoms with van der Waals surface area (Å²) >= 11 is 0. The third-order valence-corrected chi connectivity index (χ3v) is 2.93. The zero-order valence-corrected chi connectivity index (χ0v) is 10.4. The number of aromatic nitrogens is 2. The summed E-state index contributed by atoms with van der Waals surface area (Å²) in [6, 6.07) is -0.341. The van der Waals surface area contributed by atoms with Gasteiger partial charge in [0.2, 0.25) is 11.6 Å². The molecule has 1 saturated heterocycles. The monoisotopic (exact) mass is 269 g/mol. The highest BCUT2D eigenvalue weighted by molar-refractivity contribution is 5.70. The number of rotatable bonds is 4. The number of nitrogens with one attached hydrogen (secondary N) is 1. The fourth-order valence-electron chi connectivity index (χ4n) is 2.02. The van der Waals surface area contributed by atoms with Gasteiger partial charge in [0.15, 0.2) is 0 Å². The lowest BCUT2D eigenvalue weighted by Crippen LogP contribution is -2.48. The van der Waals surface area contributed by atoms with Gasteiger partial charge in [-0.2, -0.15) is 0 Å². The molecule has 1 aromatic rings. The van der Waals surface area contributed by atoms with E-state index < -0.39 is 4.92 Å². The van der Waals surface area contributed by atoms with Crippen LogP contribution in [0.4, 0.5) is 17.3 Å². The topological polar surface area (TPSA) is 114 Å². The Morgan fingerprint density at radius 3 is 3.11 bits per heavy atom. The second kappa shape index (κ2) is 5.76. The highest BCUT2D eigenvalue weighted by Crippen LogP contribution is 2.33. The minimum Gasteiger partial charge on any atom is -0.394 e. The molecule has 9 heteroatoms. The Balaban J connectivity index is 2.45. The molecule has 2 heterocycles. The molecule has 1 aliphatic heterocycles. The van der Waals surface area contributed by atoms with E-state index in [0.29, 0.717) is 19.8 Å². The van der Waals surface area contributed by atoms with Crippen LogP contribution >= 0.6 is 0 Å². The van der Waals surface area contributed by atoms with E-state index in [4.69, 9.17) is 4.74 Å². The number of ether oxygens (including phenoxy) is 1. The van der Waals surface area contributed by atoms with Gasteiger partial charge in [-0.1, -0.05) is 0 Å². The molecule has 0 spiro atoms. The van der Waals surface area contributed by atoms with Crippen molar-refractivity contribution in [2.45, 2.75) is 6.04 Å². The van der Waals surface area contributed by atoms with E-state index in [1.54, 1.807) is 11.9 Å². The Morgan fingerprint density at radius 2 is 2.47 bits per heavy atom. The minimum absolute atomic E-state index is 0.151. The van der Waals surface area contributed by atoms with Crippen LogP contribution in [0.2, 0.25) is 0 Å². The standard InChI is InChI=1S/C10H15N5O4/c1-11-9-8(15(17)18)10(13-6-12-9)14-2-3-19-5-7(14)4-16/h6-7,16H,2-5H2,1H3,(H,11,12,13). The molecule has 0 bridgehead atoms. The number of hydrogen-bond donors (Lipinski definition) is 2. The molecule has 0 amide bonds. The summed E-state index contributed by atoms with van der Waals surface area (Å²) in [7, 11) is 1.56. The van der Waals surface area contributed by atoms with Gasteiger partial charge >= 0.3 is 5.69 Å². The molecule has 0 aliphatic carbocycles. The summed E-state index contributed by atoms with van der Waals surface area (Å²) in [5.74, 6) is 0.352. The van der Waals surface area contributed by atoms with Crippen molar-refractivity contribution in [3.05, 3.63) is 16.4 Å². The molecular formula is C10H15N5O4. The fraction of sp³-hybridized carbons (Fsp3) is 0.600. The van der Waals surface area contributed by atoms with Crippen LogP contribution < -0.4 is 10.2 Å². The Bertz CT molecular complexity index is 469. The predicted octanol–water partition coefficient (Wildman–Crippen LogP) is -0.376. The first kappa shape index (κ1) is 13.4. The molecule has 0 saturated carbocycles. The first-order valence-corrected chi connectivity index (χ1v) is 5.81. The third kappa shape index (κ3) is 2.56. The molecule has 0 aromatic carbocycles. The highest BCUT2D eigenvalue weighted by Gasteiger charge is 2.32. The van der Waals surface area contributed by atoms with Crippen LogP contribution in [-0.2, 0) is 4.74 Å². The van der Waals surface area contributed by atoms with E-state index in [0.717, 1.165) is 0 Å². The average molecular weight is 269 g/mol. The summed E-state index contributed by atoms with van der Waals surface area (Å²) in [4.78, 5) is 20.2. The molecular weight excluding hydrogens is 254 g/mol. The van der Waals surface area contributed by atoms with Crippen LogP contribution in [0.25, 0.3) is 0 Å². The maximum absolute atomic E-state index is 11.2. The Hall–Kier alpha value is -2.00. The second-order valence-electron chi connectivity index (χ2n) is 4.01. The van der Waals surface area contributed by atoms with Gasteiger partial charge < -0.3 is 20.1 Å². The van der Waals surface area contributed by atoms with E-state index in [9.17, 15) is 15.2 Å². The average Bonchev–Trinajstić information content (AvgIpc) is 2.46. The van der Waals surface area contributed by atoms with Crippen LogP contribution in [0, 0.1) is 10.1 Å². The zero-order valence-electron chi connectivity index (χ0n) is 10.4. The first-order chi connectivity index (χ1) is 9.19. The van der Waals surface area contributed by atoms with Crippen LogP contribution in [0.15, 0.2) is 6.33 Å². The van der Waals surface area contributed by atoms with Gasteiger partial charge in [0.25, 0.3) is 0 Å². The van der Waals surface area contributed by atoms with Crippen molar-refractivity contribution >= 4 is 17.3 Å². The van der Waals surface area contributed by atoms with E-state index >= 15 is 0 Å². The maximum Gasteiger partial charge on any atom is 0.353 e. The lowest BCUT2D eigenvalue weighted by molar-refractivity contribution is -0.383. The molecule has 9 nitrogen and oxygen atoms in total. The fourth-order valence-corrected chi connectivity index (χ4v) is 2.02.